The number of likely N-dealkylation sites (tertiary alicyclic amines) is 2. The molecule has 1 aromatic carbocycles. The van der Waals surface area contributed by atoms with E-state index in [9.17, 15) is 4.79 Å². The average Bonchev–Trinajstić information content (AvgIpc) is 2.83. The van der Waals surface area contributed by atoms with Crippen LogP contribution in [0, 0.1) is 5.41 Å². The van der Waals surface area contributed by atoms with E-state index in [0.29, 0.717) is 22.0 Å². The Kier molecular flexibility index (Phi) is 4.95. The molecule has 3 rings (SSSR count). The molecule has 2 fully saturated rings. The second-order valence-corrected chi connectivity index (χ2v) is 7.47. The number of amides is 1. The van der Waals surface area contributed by atoms with Crippen LogP contribution >= 0.6 is 11.6 Å². The van der Waals surface area contributed by atoms with E-state index in [4.69, 9.17) is 16.3 Å². The van der Waals surface area contributed by atoms with E-state index in [1.807, 2.05) is 17.0 Å². The summed E-state index contributed by atoms with van der Waals surface area (Å²) in [5.74, 6) is 0.0992. The summed E-state index contributed by atoms with van der Waals surface area (Å²) in [7, 11) is 3.95. The molecule has 1 atom stereocenters. The first-order valence-corrected chi connectivity index (χ1v) is 8.65. The molecule has 0 bridgehead atoms. The molecule has 1 aromatic rings. The van der Waals surface area contributed by atoms with E-state index in [1.165, 1.54) is 6.42 Å². The third kappa shape index (κ3) is 3.54. The summed E-state index contributed by atoms with van der Waals surface area (Å²) in [5.41, 5.74) is 1.04. The topological polar surface area (TPSA) is 32.8 Å². The number of likely N-dealkylation sites (N-methyl/N-ethyl adjacent to an activating group) is 1. The van der Waals surface area contributed by atoms with Crippen LogP contribution in [0.2, 0.25) is 5.02 Å². The van der Waals surface area contributed by atoms with E-state index in [2.05, 4.69) is 11.9 Å². The third-order valence-corrected chi connectivity index (χ3v) is 5.65. The lowest BCUT2D eigenvalue weighted by Gasteiger charge is -2.39. The molecule has 2 saturated heterocycles. The maximum Gasteiger partial charge on any atom is 0.253 e. The molecule has 0 aliphatic carbocycles. The summed E-state index contributed by atoms with van der Waals surface area (Å²) >= 11 is 6.00. The number of methoxy groups -OCH3 is 1. The molecule has 4 nitrogen and oxygen atoms in total. The van der Waals surface area contributed by atoms with Gasteiger partial charge in [0, 0.05) is 43.4 Å². The number of carbonyl (C=O) groups excluding carboxylic acids is 1. The second-order valence-electron chi connectivity index (χ2n) is 7.03. The highest BCUT2D eigenvalue weighted by Gasteiger charge is 2.44. The SMILES string of the molecule is COC[C@@H]1CC2(CCN(C(=O)c3cccc(Cl)c3)CC2)CN1C. The number of piperidine rings is 1. The van der Waals surface area contributed by atoms with Crippen LogP contribution < -0.4 is 0 Å². The normalized spacial score (nSPS) is 24.3. The highest BCUT2D eigenvalue weighted by atomic mass is 35.5. The smallest absolute Gasteiger partial charge is 0.253 e. The van der Waals surface area contributed by atoms with Crippen molar-refractivity contribution in [2.24, 2.45) is 5.41 Å². The Morgan fingerprint density at radius 3 is 2.78 bits per heavy atom. The van der Waals surface area contributed by atoms with Crippen molar-refractivity contribution in [3.8, 4) is 0 Å². The minimum atomic E-state index is 0.0992. The van der Waals surface area contributed by atoms with Crippen LogP contribution in [0.1, 0.15) is 29.6 Å². The third-order valence-electron chi connectivity index (χ3n) is 5.42. The number of halogens is 1. The van der Waals surface area contributed by atoms with Crippen LogP contribution in [0.4, 0.5) is 0 Å². The molecular weight excluding hydrogens is 312 g/mol. The summed E-state index contributed by atoms with van der Waals surface area (Å²) in [5, 5.41) is 0.615. The lowest BCUT2D eigenvalue weighted by molar-refractivity contribution is 0.0592. The van der Waals surface area contributed by atoms with E-state index in [0.717, 1.165) is 39.1 Å². The Morgan fingerprint density at radius 2 is 2.13 bits per heavy atom. The highest BCUT2D eigenvalue weighted by molar-refractivity contribution is 6.30. The van der Waals surface area contributed by atoms with Gasteiger partial charge in [-0.05, 0) is 49.9 Å². The number of rotatable bonds is 3. The van der Waals surface area contributed by atoms with Gasteiger partial charge in [0.2, 0.25) is 0 Å². The molecule has 126 valence electrons. The Hall–Kier alpha value is -1.10. The summed E-state index contributed by atoms with van der Waals surface area (Å²) in [6, 6.07) is 7.74. The number of carbonyl (C=O) groups is 1. The van der Waals surface area contributed by atoms with Gasteiger partial charge >= 0.3 is 0 Å². The Bertz CT molecular complexity index is 570. The van der Waals surface area contributed by atoms with Gasteiger partial charge in [-0.1, -0.05) is 17.7 Å². The summed E-state index contributed by atoms with van der Waals surface area (Å²) in [4.78, 5) is 17.0. The van der Waals surface area contributed by atoms with Gasteiger partial charge in [0.1, 0.15) is 0 Å². The van der Waals surface area contributed by atoms with Gasteiger partial charge < -0.3 is 14.5 Å². The fourth-order valence-electron chi connectivity index (χ4n) is 4.11. The minimum absolute atomic E-state index is 0.0992. The molecule has 23 heavy (non-hydrogen) atoms. The molecule has 2 heterocycles. The molecule has 2 aliphatic heterocycles. The van der Waals surface area contributed by atoms with Crippen molar-refractivity contribution in [1.82, 2.24) is 9.80 Å². The molecule has 5 heteroatoms. The van der Waals surface area contributed by atoms with Gasteiger partial charge in [-0.2, -0.15) is 0 Å². The van der Waals surface area contributed by atoms with Gasteiger partial charge in [-0.3, -0.25) is 4.79 Å². The first kappa shape index (κ1) is 16.7. The molecule has 2 aliphatic rings. The lowest BCUT2D eigenvalue weighted by atomic mass is 9.76. The van der Waals surface area contributed by atoms with Gasteiger partial charge in [0.25, 0.3) is 5.91 Å². The molecule has 0 aromatic heterocycles. The summed E-state index contributed by atoms with van der Waals surface area (Å²) in [6.45, 7) is 3.57. The number of hydrogen-bond acceptors (Lipinski definition) is 3. The van der Waals surface area contributed by atoms with Gasteiger partial charge in [-0.15, -0.1) is 0 Å². The second kappa shape index (κ2) is 6.80. The van der Waals surface area contributed by atoms with Crippen LogP contribution in [0.15, 0.2) is 24.3 Å². The van der Waals surface area contributed by atoms with Crippen LogP contribution in [0.5, 0.6) is 0 Å². The minimum Gasteiger partial charge on any atom is -0.383 e. The Balaban J connectivity index is 1.61. The zero-order valence-electron chi connectivity index (χ0n) is 13.9. The fourth-order valence-corrected chi connectivity index (χ4v) is 4.30. The number of benzene rings is 1. The van der Waals surface area contributed by atoms with Crippen LogP contribution in [-0.4, -0.2) is 62.1 Å². The van der Waals surface area contributed by atoms with E-state index in [1.54, 1.807) is 19.2 Å². The van der Waals surface area contributed by atoms with Crippen molar-refractivity contribution < 1.29 is 9.53 Å². The average molecular weight is 337 g/mol. The Labute approximate surface area is 143 Å². The van der Waals surface area contributed by atoms with E-state index >= 15 is 0 Å². The molecule has 1 spiro atoms. The number of ether oxygens (including phenoxy) is 1. The van der Waals surface area contributed by atoms with Crippen LogP contribution in [0.3, 0.4) is 0 Å². The molecule has 1 amide bonds. The monoisotopic (exact) mass is 336 g/mol. The Morgan fingerprint density at radius 1 is 1.39 bits per heavy atom. The fraction of sp³-hybridized carbons (Fsp3) is 0.611. The maximum atomic E-state index is 12.6. The van der Waals surface area contributed by atoms with Gasteiger partial charge in [-0.25, -0.2) is 0 Å². The zero-order valence-corrected chi connectivity index (χ0v) is 14.7. The highest BCUT2D eigenvalue weighted by Crippen LogP contribution is 2.43. The molecule has 0 N–H and O–H groups in total. The maximum absolute atomic E-state index is 12.6. The first-order valence-electron chi connectivity index (χ1n) is 8.27. The predicted molar refractivity (Wildman–Crippen MR) is 91.9 cm³/mol. The quantitative estimate of drug-likeness (QED) is 0.851. The van der Waals surface area contributed by atoms with Gasteiger partial charge in [0.05, 0.1) is 6.61 Å². The molecule has 0 radical (unpaired) electrons. The van der Waals surface area contributed by atoms with Crippen LogP contribution in [-0.2, 0) is 4.74 Å². The predicted octanol–water partition coefficient (Wildman–Crippen LogP) is 2.91. The van der Waals surface area contributed by atoms with Crippen molar-refractivity contribution in [1.29, 1.82) is 0 Å². The molecular formula is C18H25ClN2O2. The summed E-state index contributed by atoms with van der Waals surface area (Å²) in [6.07, 6.45) is 3.32. The first-order chi connectivity index (χ1) is 11.0. The van der Waals surface area contributed by atoms with Crippen molar-refractivity contribution in [2.45, 2.75) is 25.3 Å². The zero-order chi connectivity index (χ0) is 16.4. The van der Waals surface area contributed by atoms with E-state index < -0.39 is 0 Å². The van der Waals surface area contributed by atoms with E-state index in [-0.39, 0.29) is 5.91 Å². The molecule has 0 saturated carbocycles. The van der Waals surface area contributed by atoms with Crippen molar-refractivity contribution in [2.75, 3.05) is 40.4 Å². The number of nitrogens with zero attached hydrogens (tertiary/aromatic N) is 2. The number of hydrogen-bond donors (Lipinski definition) is 0. The van der Waals surface area contributed by atoms with Crippen molar-refractivity contribution in [3.63, 3.8) is 0 Å². The largest absolute Gasteiger partial charge is 0.383 e. The van der Waals surface area contributed by atoms with Crippen molar-refractivity contribution >= 4 is 17.5 Å². The lowest BCUT2D eigenvalue weighted by Crippen LogP contribution is -2.44. The standard InChI is InChI=1S/C18H25ClN2O2/c1-20-13-18(11-16(20)12-23-2)6-8-21(9-7-18)17(22)14-4-3-5-15(19)10-14/h3-5,10,16H,6-9,11-13H2,1-2H3/t16-/m0/s1. The molecule has 0 unspecified atom stereocenters. The van der Waals surface area contributed by atoms with Crippen molar-refractivity contribution in [3.05, 3.63) is 34.9 Å². The van der Waals surface area contributed by atoms with Crippen LogP contribution in [0.25, 0.3) is 0 Å². The summed E-state index contributed by atoms with van der Waals surface area (Å²) < 4.78 is 5.34. The van der Waals surface area contributed by atoms with Gasteiger partial charge in [0.15, 0.2) is 0 Å².